The molecule has 5 heteroatoms. The average molecular weight is 246 g/mol. The van der Waals surface area contributed by atoms with Crippen molar-refractivity contribution in [3.63, 3.8) is 0 Å². The van der Waals surface area contributed by atoms with E-state index in [1.54, 1.807) is 13.4 Å². The number of nitrogens with two attached hydrogens (primary N) is 1. The third kappa shape index (κ3) is 2.36. The van der Waals surface area contributed by atoms with Crippen LogP contribution in [0.2, 0.25) is 0 Å². The molecule has 1 aromatic heterocycles. The van der Waals surface area contributed by atoms with Gasteiger partial charge in [-0.3, -0.25) is 0 Å². The summed E-state index contributed by atoms with van der Waals surface area (Å²) in [5.41, 5.74) is 7.44. The van der Waals surface area contributed by atoms with E-state index in [0.717, 1.165) is 16.7 Å². The number of hydrogen-bond acceptors (Lipinski definition) is 5. The molecule has 0 aliphatic heterocycles. The molecule has 2 N–H and O–H groups in total. The molecule has 0 fully saturated rings. The van der Waals surface area contributed by atoms with Crippen molar-refractivity contribution in [1.29, 1.82) is 0 Å². The van der Waals surface area contributed by atoms with Gasteiger partial charge < -0.3 is 15.4 Å². The zero-order chi connectivity index (χ0) is 13.1. The molecule has 2 aromatic rings. The third-order valence-electron chi connectivity index (χ3n) is 3.04. The molecule has 1 heterocycles. The minimum Gasteiger partial charge on any atom is -0.399 e. The van der Waals surface area contributed by atoms with Crippen LogP contribution in [0.1, 0.15) is 6.92 Å². The quantitative estimate of drug-likeness (QED) is 0.832. The summed E-state index contributed by atoms with van der Waals surface area (Å²) in [4.78, 5) is 10.7. The van der Waals surface area contributed by atoms with Crippen LogP contribution in [0.3, 0.4) is 0 Å². The molecule has 0 aliphatic carbocycles. The number of anilines is 2. The highest BCUT2D eigenvalue weighted by molar-refractivity contribution is 5.91. The van der Waals surface area contributed by atoms with Gasteiger partial charge in [0, 0.05) is 25.2 Å². The van der Waals surface area contributed by atoms with Gasteiger partial charge in [-0.05, 0) is 25.1 Å². The predicted octanol–water partition coefficient (Wildman–Crippen LogP) is 1.68. The topological polar surface area (TPSA) is 64.3 Å². The summed E-state index contributed by atoms with van der Waals surface area (Å²) in [6, 6.07) is 5.89. The molecule has 5 nitrogen and oxygen atoms in total. The van der Waals surface area contributed by atoms with Gasteiger partial charge in [0.15, 0.2) is 0 Å². The molecule has 0 saturated carbocycles. The molecule has 0 radical (unpaired) electrons. The first-order valence-electron chi connectivity index (χ1n) is 5.85. The van der Waals surface area contributed by atoms with Crippen molar-refractivity contribution >= 4 is 22.4 Å². The highest BCUT2D eigenvalue weighted by atomic mass is 16.5. The maximum atomic E-state index is 5.83. The SMILES string of the molecule is COCC(C)N(C)c1ncnc2ccc(N)cc12. The molecule has 1 unspecified atom stereocenters. The second-order valence-corrected chi connectivity index (χ2v) is 4.39. The summed E-state index contributed by atoms with van der Waals surface area (Å²) < 4.78 is 5.17. The van der Waals surface area contributed by atoms with E-state index in [0.29, 0.717) is 12.3 Å². The Hall–Kier alpha value is -1.88. The van der Waals surface area contributed by atoms with Gasteiger partial charge in [0.05, 0.1) is 18.2 Å². The lowest BCUT2D eigenvalue weighted by molar-refractivity contribution is 0.183. The number of aromatic nitrogens is 2. The van der Waals surface area contributed by atoms with Crippen LogP contribution in [-0.4, -0.2) is 36.8 Å². The average Bonchev–Trinajstić information content (AvgIpc) is 2.37. The van der Waals surface area contributed by atoms with E-state index in [4.69, 9.17) is 10.5 Å². The Morgan fingerprint density at radius 2 is 2.17 bits per heavy atom. The molecule has 0 spiro atoms. The zero-order valence-electron chi connectivity index (χ0n) is 10.9. The number of hydrogen-bond donors (Lipinski definition) is 1. The van der Waals surface area contributed by atoms with Crippen molar-refractivity contribution in [3.05, 3.63) is 24.5 Å². The number of nitrogen functional groups attached to an aromatic ring is 1. The molecular formula is C13H18N4O. The largest absolute Gasteiger partial charge is 0.399 e. The summed E-state index contributed by atoms with van der Waals surface area (Å²) in [6.07, 6.45) is 1.57. The Labute approximate surface area is 107 Å². The van der Waals surface area contributed by atoms with E-state index in [9.17, 15) is 0 Å². The van der Waals surface area contributed by atoms with Crippen molar-refractivity contribution in [2.75, 3.05) is 31.4 Å². The van der Waals surface area contributed by atoms with Crippen LogP contribution >= 0.6 is 0 Å². The number of likely N-dealkylation sites (N-methyl/N-ethyl adjacent to an activating group) is 1. The summed E-state index contributed by atoms with van der Waals surface area (Å²) in [6.45, 7) is 2.73. The van der Waals surface area contributed by atoms with Gasteiger partial charge in [-0.1, -0.05) is 0 Å². The van der Waals surface area contributed by atoms with Gasteiger partial charge in [0.2, 0.25) is 0 Å². The number of benzene rings is 1. The van der Waals surface area contributed by atoms with Gasteiger partial charge in [-0.2, -0.15) is 0 Å². The fraction of sp³-hybridized carbons (Fsp3) is 0.385. The van der Waals surface area contributed by atoms with E-state index >= 15 is 0 Å². The normalized spacial score (nSPS) is 12.6. The summed E-state index contributed by atoms with van der Waals surface area (Å²) in [5.74, 6) is 0.872. The maximum Gasteiger partial charge on any atom is 0.140 e. The lowest BCUT2D eigenvalue weighted by Gasteiger charge is -2.26. The molecule has 0 amide bonds. The lowest BCUT2D eigenvalue weighted by Crippen LogP contribution is -2.33. The van der Waals surface area contributed by atoms with Crippen molar-refractivity contribution in [3.8, 4) is 0 Å². The van der Waals surface area contributed by atoms with Crippen LogP contribution < -0.4 is 10.6 Å². The highest BCUT2D eigenvalue weighted by Crippen LogP contribution is 2.25. The number of methoxy groups -OCH3 is 1. The molecule has 1 aromatic carbocycles. The Morgan fingerprint density at radius 1 is 1.39 bits per heavy atom. The summed E-state index contributed by atoms with van der Waals surface area (Å²) in [7, 11) is 3.69. The van der Waals surface area contributed by atoms with Crippen LogP contribution in [0.4, 0.5) is 11.5 Å². The van der Waals surface area contributed by atoms with Crippen molar-refractivity contribution in [2.24, 2.45) is 0 Å². The second kappa shape index (κ2) is 5.18. The minimum atomic E-state index is 0.231. The molecule has 0 saturated heterocycles. The standard InChI is InChI=1S/C13H18N4O/c1-9(7-18-3)17(2)13-11-6-10(14)4-5-12(11)15-8-16-13/h4-6,8-9H,7,14H2,1-3H3. The van der Waals surface area contributed by atoms with Gasteiger partial charge in [-0.15, -0.1) is 0 Å². The summed E-state index contributed by atoms with van der Waals surface area (Å²) >= 11 is 0. The van der Waals surface area contributed by atoms with Gasteiger partial charge in [0.25, 0.3) is 0 Å². The molecule has 0 bridgehead atoms. The minimum absolute atomic E-state index is 0.231. The predicted molar refractivity (Wildman–Crippen MR) is 73.7 cm³/mol. The monoisotopic (exact) mass is 246 g/mol. The van der Waals surface area contributed by atoms with Gasteiger partial charge >= 0.3 is 0 Å². The van der Waals surface area contributed by atoms with E-state index in [1.165, 1.54) is 0 Å². The van der Waals surface area contributed by atoms with Crippen LogP contribution in [-0.2, 0) is 4.74 Å². The van der Waals surface area contributed by atoms with Crippen LogP contribution in [0.5, 0.6) is 0 Å². The maximum absolute atomic E-state index is 5.83. The van der Waals surface area contributed by atoms with Crippen LogP contribution in [0, 0.1) is 0 Å². The summed E-state index contributed by atoms with van der Waals surface area (Å²) in [5, 5.41) is 0.961. The first kappa shape index (κ1) is 12.6. The smallest absolute Gasteiger partial charge is 0.140 e. The lowest BCUT2D eigenvalue weighted by atomic mass is 10.2. The third-order valence-corrected chi connectivity index (χ3v) is 3.04. The van der Waals surface area contributed by atoms with Crippen molar-refractivity contribution in [1.82, 2.24) is 9.97 Å². The Bertz CT molecular complexity index is 544. The molecule has 0 aliphatic rings. The highest BCUT2D eigenvalue weighted by Gasteiger charge is 2.14. The van der Waals surface area contributed by atoms with Gasteiger partial charge in [0.1, 0.15) is 12.1 Å². The van der Waals surface area contributed by atoms with Crippen LogP contribution in [0.15, 0.2) is 24.5 Å². The zero-order valence-corrected chi connectivity index (χ0v) is 10.9. The molecular weight excluding hydrogens is 228 g/mol. The number of fused-ring (bicyclic) bond motifs is 1. The van der Waals surface area contributed by atoms with E-state index in [2.05, 4.69) is 21.8 Å². The van der Waals surface area contributed by atoms with E-state index in [1.807, 2.05) is 25.2 Å². The van der Waals surface area contributed by atoms with Crippen molar-refractivity contribution in [2.45, 2.75) is 13.0 Å². The second-order valence-electron chi connectivity index (χ2n) is 4.39. The van der Waals surface area contributed by atoms with Gasteiger partial charge in [-0.25, -0.2) is 9.97 Å². The molecule has 96 valence electrons. The fourth-order valence-electron chi connectivity index (χ4n) is 1.90. The Morgan fingerprint density at radius 3 is 2.89 bits per heavy atom. The molecule has 2 rings (SSSR count). The fourth-order valence-corrected chi connectivity index (χ4v) is 1.90. The molecule has 18 heavy (non-hydrogen) atoms. The van der Waals surface area contributed by atoms with Crippen LogP contribution in [0.25, 0.3) is 10.9 Å². The van der Waals surface area contributed by atoms with Crippen molar-refractivity contribution < 1.29 is 4.74 Å². The van der Waals surface area contributed by atoms with E-state index < -0.39 is 0 Å². The molecule has 1 atom stereocenters. The first-order chi connectivity index (χ1) is 8.63. The Balaban J connectivity index is 2.46. The first-order valence-corrected chi connectivity index (χ1v) is 5.85. The Kier molecular flexibility index (Phi) is 3.62. The number of nitrogens with zero attached hydrogens (tertiary/aromatic N) is 3. The van der Waals surface area contributed by atoms with E-state index in [-0.39, 0.29) is 6.04 Å². The number of ether oxygens (including phenoxy) is 1. The number of rotatable bonds is 4.